The molecule has 1 aromatic rings. The molecule has 0 unspecified atom stereocenters. The van der Waals surface area contributed by atoms with E-state index in [0.717, 1.165) is 11.8 Å². The molecule has 0 fully saturated rings. The maximum atomic E-state index is 11.6. The third-order valence-electron chi connectivity index (χ3n) is 2.53. The molecule has 4 N–H and O–H groups in total. The Labute approximate surface area is 106 Å². The molecule has 0 aliphatic heterocycles. The topological polar surface area (TPSA) is 92.4 Å². The van der Waals surface area contributed by atoms with Gasteiger partial charge in [-0.3, -0.25) is 4.79 Å². The van der Waals surface area contributed by atoms with E-state index in [1.54, 1.807) is 24.3 Å². The van der Waals surface area contributed by atoms with Gasteiger partial charge in [0.1, 0.15) is 12.0 Å². The van der Waals surface area contributed by atoms with E-state index >= 15 is 0 Å². The highest BCUT2D eigenvalue weighted by Crippen LogP contribution is 2.10. The maximum absolute atomic E-state index is 11.6. The van der Waals surface area contributed by atoms with Crippen molar-refractivity contribution in [1.82, 2.24) is 5.32 Å². The first-order valence-corrected chi connectivity index (χ1v) is 5.88. The first-order chi connectivity index (χ1) is 8.63. The molecule has 18 heavy (non-hydrogen) atoms. The maximum Gasteiger partial charge on any atom is 0.237 e. The van der Waals surface area contributed by atoms with Crippen LogP contribution in [-0.4, -0.2) is 29.9 Å². The van der Waals surface area contributed by atoms with Crippen molar-refractivity contribution >= 4 is 12.2 Å². The summed E-state index contributed by atoms with van der Waals surface area (Å²) in [5, 5.41) is 11.8. The number of rotatable bonds is 7. The van der Waals surface area contributed by atoms with Crippen molar-refractivity contribution in [3.8, 4) is 5.75 Å². The van der Waals surface area contributed by atoms with Crippen LogP contribution in [-0.2, 0) is 16.0 Å². The van der Waals surface area contributed by atoms with E-state index in [1.807, 2.05) is 0 Å². The van der Waals surface area contributed by atoms with Crippen molar-refractivity contribution < 1.29 is 14.7 Å². The lowest BCUT2D eigenvalue weighted by atomic mass is 10.1. The lowest BCUT2D eigenvalue weighted by molar-refractivity contribution is -0.122. The van der Waals surface area contributed by atoms with E-state index in [9.17, 15) is 9.59 Å². The first kappa shape index (κ1) is 14.2. The third kappa shape index (κ3) is 4.97. The molecule has 5 nitrogen and oxygen atoms in total. The van der Waals surface area contributed by atoms with Gasteiger partial charge in [0.2, 0.25) is 5.91 Å². The number of nitrogens with two attached hydrogens (primary N) is 1. The number of unbranched alkanes of at least 4 members (excludes halogenated alkanes) is 1. The van der Waals surface area contributed by atoms with E-state index in [1.165, 1.54) is 0 Å². The number of aldehydes is 1. The highest BCUT2D eigenvalue weighted by Gasteiger charge is 2.13. The summed E-state index contributed by atoms with van der Waals surface area (Å²) < 4.78 is 0. The lowest BCUT2D eigenvalue weighted by Crippen LogP contribution is -2.42. The molecule has 1 rings (SSSR count). The molecule has 0 bridgehead atoms. The second kappa shape index (κ2) is 7.45. The molecule has 1 amide bonds. The number of hydrogen-bond acceptors (Lipinski definition) is 4. The normalized spacial score (nSPS) is 11.8. The van der Waals surface area contributed by atoms with E-state index in [4.69, 9.17) is 10.8 Å². The van der Waals surface area contributed by atoms with E-state index in [-0.39, 0.29) is 11.7 Å². The van der Waals surface area contributed by atoms with Crippen LogP contribution in [0.2, 0.25) is 0 Å². The number of phenolic OH excluding ortho intramolecular Hbond substituents is 1. The Hall–Kier alpha value is -1.88. The summed E-state index contributed by atoms with van der Waals surface area (Å²) in [6.07, 6.45) is 2.30. The minimum Gasteiger partial charge on any atom is -0.508 e. The van der Waals surface area contributed by atoms with Gasteiger partial charge in [0.25, 0.3) is 0 Å². The molecule has 0 aromatic heterocycles. The molecular weight excluding hydrogens is 232 g/mol. The molecule has 0 heterocycles. The number of hydrogen-bond donors (Lipinski definition) is 3. The van der Waals surface area contributed by atoms with Crippen molar-refractivity contribution in [2.45, 2.75) is 25.3 Å². The molecule has 1 aromatic carbocycles. The first-order valence-electron chi connectivity index (χ1n) is 5.88. The van der Waals surface area contributed by atoms with E-state index < -0.39 is 6.04 Å². The largest absolute Gasteiger partial charge is 0.508 e. The molecule has 1 atom stereocenters. The van der Waals surface area contributed by atoms with E-state index in [2.05, 4.69) is 5.32 Å². The van der Waals surface area contributed by atoms with Crippen LogP contribution in [0.15, 0.2) is 24.3 Å². The quantitative estimate of drug-likeness (QED) is 0.481. The van der Waals surface area contributed by atoms with Gasteiger partial charge < -0.3 is 21.0 Å². The molecule has 0 aliphatic rings. The number of carbonyl (C=O) groups is 2. The summed E-state index contributed by atoms with van der Waals surface area (Å²) in [5.74, 6) is -0.0420. The average molecular weight is 250 g/mol. The highest BCUT2D eigenvalue weighted by atomic mass is 16.3. The number of amides is 1. The molecule has 98 valence electrons. The van der Waals surface area contributed by atoms with Gasteiger partial charge in [-0.05, 0) is 30.5 Å². The fourth-order valence-corrected chi connectivity index (χ4v) is 1.51. The Morgan fingerprint density at radius 2 is 2.06 bits per heavy atom. The van der Waals surface area contributed by atoms with Crippen molar-refractivity contribution in [3.63, 3.8) is 0 Å². The zero-order valence-electron chi connectivity index (χ0n) is 10.1. The second-order valence-electron chi connectivity index (χ2n) is 4.08. The number of phenols is 1. The van der Waals surface area contributed by atoms with Gasteiger partial charge in [0.15, 0.2) is 0 Å². The van der Waals surface area contributed by atoms with Gasteiger partial charge in [0.05, 0.1) is 6.04 Å². The molecule has 0 aliphatic carbocycles. The summed E-state index contributed by atoms with van der Waals surface area (Å²) in [4.78, 5) is 21.7. The Morgan fingerprint density at radius 1 is 1.39 bits per heavy atom. The van der Waals surface area contributed by atoms with Crippen molar-refractivity contribution in [2.75, 3.05) is 6.54 Å². The molecule has 0 spiro atoms. The van der Waals surface area contributed by atoms with Gasteiger partial charge in [-0.2, -0.15) is 0 Å². The number of carbonyl (C=O) groups excluding carboxylic acids is 2. The number of benzene rings is 1. The summed E-state index contributed by atoms with van der Waals surface area (Å²) in [5.41, 5.74) is 6.65. The van der Waals surface area contributed by atoms with Crippen molar-refractivity contribution in [3.05, 3.63) is 29.8 Å². The van der Waals surface area contributed by atoms with Gasteiger partial charge in [-0.25, -0.2) is 0 Å². The second-order valence-corrected chi connectivity index (χ2v) is 4.08. The van der Waals surface area contributed by atoms with Gasteiger partial charge in [0, 0.05) is 13.0 Å². The highest BCUT2D eigenvalue weighted by molar-refractivity contribution is 5.81. The predicted octanol–water partition coefficient (Wildman–Crippen LogP) is 0.357. The van der Waals surface area contributed by atoms with Crippen LogP contribution < -0.4 is 11.1 Å². The van der Waals surface area contributed by atoms with Crippen LogP contribution in [0.3, 0.4) is 0 Å². The summed E-state index contributed by atoms with van der Waals surface area (Å²) in [6, 6.07) is 5.96. The average Bonchev–Trinajstić information content (AvgIpc) is 2.37. The van der Waals surface area contributed by atoms with Crippen LogP contribution in [0, 0.1) is 0 Å². The fourth-order valence-electron chi connectivity index (χ4n) is 1.51. The monoisotopic (exact) mass is 250 g/mol. The van der Waals surface area contributed by atoms with Crippen LogP contribution in [0.4, 0.5) is 0 Å². The number of aromatic hydroxyl groups is 1. The minimum atomic E-state index is -0.620. The minimum absolute atomic E-state index is 0.186. The molecule has 5 heteroatoms. The summed E-state index contributed by atoms with van der Waals surface area (Å²) in [6.45, 7) is 0.459. The van der Waals surface area contributed by atoms with Crippen molar-refractivity contribution in [2.24, 2.45) is 5.73 Å². The molecule has 0 radical (unpaired) electrons. The van der Waals surface area contributed by atoms with Gasteiger partial charge >= 0.3 is 0 Å². The zero-order valence-corrected chi connectivity index (χ0v) is 10.1. The third-order valence-corrected chi connectivity index (χ3v) is 2.53. The Bertz CT molecular complexity index is 390. The van der Waals surface area contributed by atoms with Crippen LogP contribution in [0.1, 0.15) is 18.4 Å². The molecular formula is C13H18N2O3. The summed E-state index contributed by atoms with van der Waals surface area (Å²) >= 11 is 0. The SMILES string of the molecule is N[C@@H](Cc1ccc(O)cc1)C(=O)NCCCC=O. The van der Waals surface area contributed by atoms with Crippen molar-refractivity contribution in [1.29, 1.82) is 0 Å². The fraction of sp³-hybridized carbons (Fsp3) is 0.385. The number of nitrogens with one attached hydrogen (secondary N) is 1. The van der Waals surface area contributed by atoms with Crippen LogP contribution in [0.25, 0.3) is 0 Å². The molecule has 0 saturated carbocycles. The smallest absolute Gasteiger partial charge is 0.237 e. The van der Waals surface area contributed by atoms with Gasteiger partial charge in [-0.1, -0.05) is 12.1 Å². The zero-order chi connectivity index (χ0) is 13.4. The predicted molar refractivity (Wildman–Crippen MR) is 68.1 cm³/mol. The Kier molecular flexibility index (Phi) is 5.87. The molecule has 0 saturated heterocycles. The standard InChI is InChI=1S/C13H18N2O3/c14-12(13(18)15-7-1-2-8-16)9-10-3-5-11(17)6-4-10/h3-6,8,12,17H,1-2,7,9,14H2,(H,15,18)/t12-/m0/s1. The Balaban J connectivity index is 2.35. The van der Waals surface area contributed by atoms with Gasteiger partial charge in [-0.15, -0.1) is 0 Å². The van der Waals surface area contributed by atoms with E-state index in [0.29, 0.717) is 25.8 Å². The van der Waals surface area contributed by atoms with Crippen LogP contribution >= 0.6 is 0 Å². The Morgan fingerprint density at radius 3 is 2.67 bits per heavy atom. The van der Waals surface area contributed by atoms with Crippen LogP contribution in [0.5, 0.6) is 5.75 Å². The summed E-state index contributed by atoms with van der Waals surface area (Å²) in [7, 11) is 0. The lowest BCUT2D eigenvalue weighted by Gasteiger charge is -2.12.